The van der Waals surface area contributed by atoms with Crippen LogP contribution >= 0.6 is 0 Å². The van der Waals surface area contributed by atoms with Crippen molar-refractivity contribution < 1.29 is 52.1 Å². The summed E-state index contributed by atoms with van der Waals surface area (Å²) >= 11 is 0. The van der Waals surface area contributed by atoms with Crippen LogP contribution in [-0.4, -0.2) is 128 Å². The largest absolute Gasteiger partial charge is 0.381 e. The van der Waals surface area contributed by atoms with Crippen LogP contribution in [0.2, 0.25) is 0 Å². The van der Waals surface area contributed by atoms with Crippen LogP contribution in [0, 0.1) is 118 Å². The predicted octanol–water partition coefficient (Wildman–Crippen LogP) is 41.2. The lowest BCUT2D eigenvalue weighted by Crippen LogP contribution is -2.29. The summed E-state index contributed by atoms with van der Waals surface area (Å²) in [6.45, 7) is 129. The minimum absolute atomic E-state index is 0.378. The Morgan fingerprint density at radius 1 is 0.132 bits per heavy atom. The molecule has 0 aromatic rings. The van der Waals surface area contributed by atoms with Crippen molar-refractivity contribution in [3.63, 3.8) is 0 Å². The second-order valence-electron chi connectivity index (χ2n) is 37.8. The fourth-order valence-electron chi connectivity index (χ4n) is 14.6. The van der Waals surface area contributed by atoms with Crippen LogP contribution in [-0.2, 0) is 52.1 Å². The van der Waals surface area contributed by atoms with Crippen molar-refractivity contribution in [2.24, 2.45) is 118 Å². The third-order valence-corrected chi connectivity index (χ3v) is 28.1. The van der Waals surface area contributed by atoms with E-state index in [2.05, 4.69) is 218 Å². The van der Waals surface area contributed by atoms with Gasteiger partial charge in [-0.05, 0) is 252 Å². The Bertz CT molecular complexity index is 1600. The van der Waals surface area contributed by atoms with Gasteiger partial charge in [-0.1, -0.05) is 427 Å². The third-order valence-electron chi connectivity index (χ3n) is 28.1. The molecular formula is C125H274O11. The smallest absolute Gasteiger partial charge is 0.147 e. The zero-order valence-electron chi connectivity index (χ0n) is 105. The van der Waals surface area contributed by atoms with Gasteiger partial charge in [-0.15, -0.1) is 0 Å². The monoisotopic (exact) mass is 1950 g/mol. The fourth-order valence-corrected chi connectivity index (χ4v) is 14.6. The van der Waals surface area contributed by atoms with Gasteiger partial charge >= 0.3 is 0 Å². The van der Waals surface area contributed by atoms with E-state index in [0.717, 1.165) is 173 Å². The van der Waals surface area contributed by atoms with E-state index in [-0.39, 0.29) is 0 Å². The Labute approximate surface area is 866 Å². The molecule has 5 aliphatic carbocycles. The van der Waals surface area contributed by atoms with Crippen LogP contribution in [0.3, 0.4) is 0 Å². The normalized spacial score (nSPS) is 32.4. The first-order valence-corrected chi connectivity index (χ1v) is 60.2. The Kier molecular flexibility index (Phi) is 158. The molecule has 28 atom stereocenters. The van der Waals surface area contributed by atoms with Gasteiger partial charge in [-0.3, -0.25) is 0 Å². The first-order chi connectivity index (χ1) is 65.3. The summed E-state index contributed by atoms with van der Waals surface area (Å²) < 4.78 is 57.7. The fraction of sp³-hybridized carbons (Fsp3) is 0.968. The summed E-state index contributed by atoms with van der Waals surface area (Å²) in [5.74, 6) is 17.1. The third kappa shape index (κ3) is 104. The van der Waals surface area contributed by atoms with Gasteiger partial charge in [0.05, 0.1) is 62.0 Å². The molecule has 0 aromatic carbocycles. The molecule has 0 N–H and O–H groups in total. The predicted molar refractivity (Wildman–Crippen MR) is 622 cm³/mol. The summed E-state index contributed by atoms with van der Waals surface area (Å²) in [6, 6.07) is 0. The summed E-state index contributed by atoms with van der Waals surface area (Å²) in [6.07, 6.45) is 47.3. The lowest BCUT2D eigenvalue weighted by atomic mass is 9.82. The van der Waals surface area contributed by atoms with Gasteiger partial charge in [-0.25, -0.2) is 0 Å². The number of hydrogen-bond donors (Lipinski definition) is 0. The summed E-state index contributed by atoms with van der Waals surface area (Å²) in [7, 11) is 0. The van der Waals surface area contributed by atoms with E-state index in [1.165, 1.54) is 161 Å². The Balaban J connectivity index is -0.0000000962. The van der Waals surface area contributed by atoms with Crippen LogP contribution in [0.25, 0.3) is 0 Å². The van der Waals surface area contributed by atoms with E-state index in [1.54, 1.807) is 0 Å². The molecule has 0 radical (unpaired) electrons. The van der Waals surface area contributed by atoms with Crippen molar-refractivity contribution in [1.82, 2.24) is 0 Å². The molecule has 11 heteroatoms. The van der Waals surface area contributed by atoms with E-state index < -0.39 is 0 Å². The zero-order valence-corrected chi connectivity index (χ0v) is 105. The van der Waals surface area contributed by atoms with Gasteiger partial charge in [-0.2, -0.15) is 0 Å². The first-order valence-electron chi connectivity index (χ1n) is 60.2. The minimum Gasteiger partial charge on any atom is -0.381 e. The van der Waals surface area contributed by atoms with E-state index in [4.69, 9.17) is 52.1 Å². The highest BCUT2D eigenvalue weighted by Crippen LogP contribution is 2.33. The van der Waals surface area contributed by atoms with Gasteiger partial charge in [0.1, 0.15) is 13.6 Å². The second kappa shape index (κ2) is 130. The Morgan fingerprint density at radius 2 is 0.287 bits per heavy atom. The van der Waals surface area contributed by atoms with Crippen LogP contribution in [0.4, 0.5) is 0 Å². The summed E-state index contributed by atoms with van der Waals surface area (Å²) in [4.78, 5) is 0. The van der Waals surface area contributed by atoms with E-state index >= 15 is 0 Å². The SMILES string of the molecule is CC.CC.CC.CC.CC.CC.CC.CC.CC.CC.CC.CC.CC.CC.CC1CC=CCC1C.CC1CC=CCC1C.CC1CCCC1C.CC1CCCCC1C.CC1CCCCC1C.CC1CCCOC1C.CC1CCCOC1C.CC1CCCOC1C.CC1CCCOC1C.CC1CCOC1C.CC1CCOC1C.CC1COCC1C.CC1COCOC1C.CC1COCOC1C. The highest BCUT2D eigenvalue weighted by molar-refractivity contribution is 4.92. The maximum atomic E-state index is 5.39. The number of rotatable bonds is 0. The number of allylic oxidation sites excluding steroid dienone is 4. The zero-order chi connectivity index (χ0) is 109. The lowest BCUT2D eigenvalue weighted by Gasteiger charge is -2.25. The molecule has 14 rings (SSSR count). The van der Waals surface area contributed by atoms with Crippen LogP contribution < -0.4 is 0 Å². The molecule has 9 saturated heterocycles. The maximum absolute atomic E-state index is 5.39. The van der Waals surface area contributed by atoms with Gasteiger partial charge in [0.15, 0.2) is 0 Å². The van der Waals surface area contributed by atoms with E-state index in [0.29, 0.717) is 74.3 Å². The first kappa shape index (κ1) is 166. The maximum Gasteiger partial charge on any atom is 0.147 e. The molecule has 0 bridgehead atoms. The van der Waals surface area contributed by atoms with E-state index in [1.807, 2.05) is 194 Å². The second-order valence-corrected chi connectivity index (χ2v) is 37.8. The summed E-state index contributed by atoms with van der Waals surface area (Å²) in [5, 5.41) is 0. The Morgan fingerprint density at radius 3 is 0.382 bits per heavy atom. The number of ether oxygens (including phenoxy) is 11. The Hall–Kier alpha value is -0.960. The van der Waals surface area contributed by atoms with Crippen molar-refractivity contribution >= 4 is 0 Å². The standard InChI is InChI=1S/2C8H16.2C8H14.4C7H14O.C7H14.2C6H12O2.3C6H12O.14C2H6/c4*1-7-5-3-4-6-8(7)2;4*1-6-4-3-5-8-7(6)2;1-6-4-3-5-7(6)2;2*1-5-3-7-4-8-6(5)2;1-5-3-7-4-6(5)2;2*1-5-3-4-7-6(5)2;14*1-2/h2*7-8H,3-6H2,1-2H3;2*3-4,7-8H,5-6H2,1-2H3;4*6-7H,3-5H2,1-2H3;6-7H,3-5H2,1-2H3;2*5-6H,3-4H2,1-2H3;3*5-6H,3-4H2,1-2H3;14*1-2H3. The average Bonchev–Trinajstić information content (AvgIpc) is 1.83. The van der Waals surface area contributed by atoms with Crippen molar-refractivity contribution in [3.8, 4) is 0 Å². The quantitative estimate of drug-likeness (QED) is 0.217. The van der Waals surface area contributed by atoms with E-state index in [9.17, 15) is 0 Å². The van der Waals surface area contributed by atoms with Crippen LogP contribution in [0.1, 0.15) is 548 Å². The molecule has 0 spiro atoms. The molecule has 0 amide bonds. The van der Waals surface area contributed by atoms with Gasteiger partial charge in [0.2, 0.25) is 0 Å². The molecule has 11 nitrogen and oxygen atoms in total. The summed E-state index contributed by atoms with van der Waals surface area (Å²) in [5.41, 5.74) is 0. The lowest BCUT2D eigenvalue weighted by molar-refractivity contribution is -0.159. The molecule has 3 saturated carbocycles. The van der Waals surface area contributed by atoms with Crippen molar-refractivity contribution in [1.29, 1.82) is 0 Å². The van der Waals surface area contributed by atoms with Crippen molar-refractivity contribution in [2.45, 2.75) is 597 Å². The molecule has 0 aromatic heterocycles. The molecule has 136 heavy (non-hydrogen) atoms. The van der Waals surface area contributed by atoms with Crippen molar-refractivity contribution in [2.75, 3.05) is 79.7 Å². The molecule has 28 unspecified atom stereocenters. The molecular weight excluding hydrogens is 1680 g/mol. The highest BCUT2D eigenvalue weighted by Gasteiger charge is 2.25. The van der Waals surface area contributed by atoms with Crippen LogP contribution in [0.5, 0.6) is 0 Å². The number of hydrogen-bond acceptors (Lipinski definition) is 11. The van der Waals surface area contributed by atoms with Crippen molar-refractivity contribution in [3.05, 3.63) is 24.3 Å². The molecule has 9 aliphatic heterocycles. The molecule has 840 valence electrons. The molecule has 12 fully saturated rings. The van der Waals surface area contributed by atoms with Gasteiger partial charge in [0, 0.05) is 64.7 Å². The van der Waals surface area contributed by atoms with Gasteiger partial charge in [0.25, 0.3) is 0 Å². The van der Waals surface area contributed by atoms with Gasteiger partial charge < -0.3 is 52.1 Å². The highest BCUT2D eigenvalue weighted by atomic mass is 16.7. The molecule has 14 aliphatic rings. The minimum atomic E-state index is 0.378. The topological polar surface area (TPSA) is 102 Å². The average molecular weight is 1950 g/mol. The van der Waals surface area contributed by atoms with Crippen LogP contribution in [0.15, 0.2) is 24.3 Å². The molecule has 9 heterocycles.